The van der Waals surface area contributed by atoms with E-state index in [0.717, 1.165) is 35.1 Å². The van der Waals surface area contributed by atoms with Gasteiger partial charge in [0.2, 0.25) is 17.7 Å². The van der Waals surface area contributed by atoms with E-state index in [1.165, 1.54) is 17.7 Å². The van der Waals surface area contributed by atoms with Gasteiger partial charge in [-0.15, -0.1) is 0 Å². The SMILES string of the molecule is C[C@@]12CCCC[C@H]1[C@@H]2C(=O)N/N=C\C12c3ccccc3C(c3ccccc31)[C@@H]1C(=O)N(c3ccccc3Cl)C(=O)[C@@H]12. The Morgan fingerprint density at radius 2 is 1.61 bits per heavy atom. The normalized spacial score (nSPS) is 34.2. The first-order valence-corrected chi connectivity index (χ1v) is 14.9. The summed E-state index contributed by atoms with van der Waals surface area (Å²) in [6.45, 7) is 2.22. The van der Waals surface area contributed by atoms with Crippen molar-refractivity contribution < 1.29 is 14.4 Å². The van der Waals surface area contributed by atoms with Crippen molar-refractivity contribution in [2.45, 2.75) is 43.9 Å². The predicted molar refractivity (Wildman–Crippen MR) is 157 cm³/mol. The van der Waals surface area contributed by atoms with E-state index in [0.29, 0.717) is 16.6 Å². The number of hydrazone groups is 1. The zero-order valence-corrected chi connectivity index (χ0v) is 23.5. The van der Waals surface area contributed by atoms with E-state index in [1.807, 2.05) is 36.4 Å². The van der Waals surface area contributed by atoms with Crippen molar-refractivity contribution in [3.63, 3.8) is 0 Å². The van der Waals surface area contributed by atoms with Crippen LogP contribution in [0.2, 0.25) is 5.02 Å². The van der Waals surface area contributed by atoms with E-state index >= 15 is 0 Å². The summed E-state index contributed by atoms with van der Waals surface area (Å²) >= 11 is 6.53. The number of carbonyl (C=O) groups is 3. The maximum absolute atomic E-state index is 14.4. The minimum absolute atomic E-state index is 0.0283. The number of halogens is 1. The molecule has 6 nitrogen and oxygen atoms in total. The maximum atomic E-state index is 14.4. The van der Waals surface area contributed by atoms with Crippen LogP contribution in [0.4, 0.5) is 5.69 Å². The lowest BCUT2D eigenvalue weighted by Crippen LogP contribution is -2.54. The van der Waals surface area contributed by atoms with Crippen molar-refractivity contribution in [2.75, 3.05) is 4.90 Å². The molecule has 1 N–H and O–H groups in total. The molecule has 2 saturated carbocycles. The van der Waals surface area contributed by atoms with Crippen LogP contribution in [0.25, 0.3) is 0 Å². The topological polar surface area (TPSA) is 78.8 Å². The zero-order valence-electron chi connectivity index (χ0n) is 22.7. The molecule has 0 radical (unpaired) electrons. The molecule has 3 fully saturated rings. The summed E-state index contributed by atoms with van der Waals surface area (Å²) in [5.41, 5.74) is 6.26. The number of anilines is 1. The fourth-order valence-electron chi connectivity index (χ4n) is 9.04. The Balaban J connectivity index is 1.26. The van der Waals surface area contributed by atoms with Gasteiger partial charge in [-0.1, -0.05) is 92.0 Å². The molecule has 206 valence electrons. The van der Waals surface area contributed by atoms with Crippen LogP contribution in [-0.2, 0) is 19.8 Å². The third-order valence-electron chi connectivity index (χ3n) is 10.8. The van der Waals surface area contributed by atoms with E-state index in [-0.39, 0.29) is 35.0 Å². The summed E-state index contributed by atoms with van der Waals surface area (Å²) in [6, 6.07) is 23.0. The van der Waals surface area contributed by atoms with Crippen molar-refractivity contribution in [2.24, 2.45) is 34.2 Å². The third kappa shape index (κ3) is 3.14. The number of benzene rings is 3. The van der Waals surface area contributed by atoms with E-state index < -0.39 is 17.3 Å². The average Bonchev–Trinajstić information content (AvgIpc) is 3.54. The van der Waals surface area contributed by atoms with Crippen molar-refractivity contribution in [1.29, 1.82) is 0 Å². The van der Waals surface area contributed by atoms with Crippen LogP contribution in [-0.4, -0.2) is 23.9 Å². The second-order valence-electron chi connectivity index (χ2n) is 12.6. The summed E-state index contributed by atoms with van der Waals surface area (Å²) in [6.07, 6.45) is 6.24. The van der Waals surface area contributed by atoms with Gasteiger partial charge in [-0.3, -0.25) is 14.4 Å². The van der Waals surface area contributed by atoms with Crippen LogP contribution in [0.1, 0.15) is 60.8 Å². The molecule has 1 saturated heterocycles. The summed E-state index contributed by atoms with van der Waals surface area (Å²) < 4.78 is 0. The van der Waals surface area contributed by atoms with Gasteiger partial charge in [-0.2, -0.15) is 5.10 Å². The molecule has 41 heavy (non-hydrogen) atoms. The summed E-state index contributed by atoms with van der Waals surface area (Å²) in [5, 5.41) is 4.96. The molecule has 3 amide bonds. The first kappa shape index (κ1) is 25.0. The second kappa shape index (κ2) is 8.62. The summed E-state index contributed by atoms with van der Waals surface area (Å²) in [5.74, 6) is -1.81. The highest BCUT2D eigenvalue weighted by Gasteiger charge is 2.68. The zero-order chi connectivity index (χ0) is 28.1. The standard InChI is InChI=1S/C34H30ClN3O3/c1-33-17-9-8-14-23(33)28(33)30(39)37-36-18-34-21-12-4-2-10-19(21)26(20-11-3-5-13-22(20)34)27-29(34)32(41)38(31(27)40)25-16-7-6-15-24(25)35/h2-7,10-13,15-16,18,23,26-29H,8-9,14,17H2,1H3,(H,37,39)/b36-18-/t23-,26?,27-,28+,29+,33+,34?/m0/s1. The van der Waals surface area contributed by atoms with Gasteiger partial charge in [0.25, 0.3) is 0 Å². The summed E-state index contributed by atoms with van der Waals surface area (Å²) in [4.78, 5) is 43.3. The highest BCUT2D eigenvalue weighted by molar-refractivity contribution is 6.36. The monoisotopic (exact) mass is 563 g/mol. The highest BCUT2D eigenvalue weighted by Crippen LogP contribution is 2.66. The number of hydrogen-bond donors (Lipinski definition) is 1. The first-order valence-electron chi connectivity index (χ1n) is 14.5. The minimum atomic E-state index is -1.02. The highest BCUT2D eigenvalue weighted by atomic mass is 35.5. The van der Waals surface area contributed by atoms with Crippen LogP contribution in [0, 0.1) is 29.1 Å². The Morgan fingerprint density at radius 1 is 0.951 bits per heavy atom. The lowest BCUT2D eigenvalue weighted by Gasteiger charge is -2.52. The number of fused-ring (bicyclic) bond motifs is 1. The molecule has 3 aromatic carbocycles. The van der Waals surface area contributed by atoms with E-state index in [1.54, 1.807) is 30.5 Å². The smallest absolute Gasteiger partial charge is 0.244 e. The van der Waals surface area contributed by atoms with Gasteiger partial charge in [0.15, 0.2) is 0 Å². The number of nitrogens with one attached hydrogen (secondary N) is 1. The van der Waals surface area contributed by atoms with Crippen LogP contribution in [0.3, 0.4) is 0 Å². The van der Waals surface area contributed by atoms with Gasteiger partial charge in [0.05, 0.1) is 28.0 Å². The Morgan fingerprint density at radius 3 is 2.27 bits per heavy atom. The molecule has 5 aliphatic carbocycles. The fraction of sp³-hybridized carbons (Fsp3) is 0.353. The molecule has 2 bridgehead atoms. The molecule has 6 aliphatic rings. The third-order valence-corrected chi connectivity index (χ3v) is 11.2. The van der Waals surface area contributed by atoms with Crippen LogP contribution < -0.4 is 10.3 Å². The van der Waals surface area contributed by atoms with Crippen molar-refractivity contribution in [1.82, 2.24) is 5.43 Å². The minimum Gasteiger partial charge on any atom is -0.274 e. The van der Waals surface area contributed by atoms with Gasteiger partial charge >= 0.3 is 0 Å². The molecule has 0 spiro atoms. The molecular formula is C34H30ClN3O3. The van der Waals surface area contributed by atoms with E-state index in [2.05, 4.69) is 29.6 Å². The number of hydrogen-bond acceptors (Lipinski definition) is 4. The molecular weight excluding hydrogens is 534 g/mol. The van der Waals surface area contributed by atoms with E-state index in [9.17, 15) is 14.4 Å². The van der Waals surface area contributed by atoms with Gasteiger partial charge in [-0.05, 0) is 58.6 Å². The number of para-hydroxylation sites is 1. The molecule has 0 aromatic heterocycles. The van der Waals surface area contributed by atoms with Crippen molar-refractivity contribution >= 4 is 41.2 Å². The molecule has 1 heterocycles. The maximum Gasteiger partial charge on any atom is 0.244 e. The Hall–Kier alpha value is -3.77. The van der Waals surface area contributed by atoms with Crippen LogP contribution >= 0.6 is 11.6 Å². The quantitative estimate of drug-likeness (QED) is 0.247. The number of amides is 3. The first-order chi connectivity index (χ1) is 19.9. The lowest BCUT2D eigenvalue weighted by atomic mass is 9.47. The molecule has 9 rings (SSSR count). The van der Waals surface area contributed by atoms with Gasteiger partial charge in [0, 0.05) is 18.1 Å². The van der Waals surface area contributed by atoms with Crippen LogP contribution in [0.15, 0.2) is 77.9 Å². The lowest BCUT2D eigenvalue weighted by molar-refractivity contribution is -0.124. The van der Waals surface area contributed by atoms with Crippen molar-refractivity contribution in [3.05, 3.63) is 100 Å². The fourth-order valence-corrected chi connectivity index (χ4v) is 9.26. The molecule has 7 heteroatoms. The Kier molecular flexibility index (Phi) is 5.25. The van der Waals surface area contributed by atoms with E-state index in [4.69, 9.17) is 11.6 Å². The number of rotatable bonds is 4. The Labute approximate surface area is 243 Å². The average molecular weight is 564 g/mol. The second-order valence-corrected chi connectivity index (χ2v) is 13.0. The predicted octanol–water partition coefficient (Wildman–Crippen LogP) is 5.82. The molecule has 0 unspecified atom stereocenters. The number of imide groups is 1. The largest absolute Gasteiger partial charge is 0.274 e. The molecule has 5 atom stereocenters. The molecule has 1 aliphatic heterocycles. The number of carbonyl (C=O) groups excluding carboxylic acids is 3. The summed E-state index contributed by atoms with van der Waals surface area (Å²) in [7, 11) is 0. The van der Waals surface area contributed by atoms with Crippen molar-refractivity contribution in [3.8, 4) is 0 Å². The van der Waals surface area contributed by atoms with Gasteiger partial charge < -0.3 is 0 Å². The van der Waals surface area contributed by atoms with Gasteiger partial charge in [0.1, 0.15) is 0 Å². The molecule has 3 aromatic rings. The van der Waals surface area contributed by atoms with Crippen LogP contribution in [0.5, 0.6) is 0 Å². The van der Waals surface area contributed by atoms with Gasteiger partial charge in [-0.25, -0.2) is 10.3 Å². The Bertz CT molecular complexity index is 1640. The number of nitrogens with zero attached hydrogens (tertiary/aromatic N) is 2.